The highest BCUT2D eigenvalue weighted by Crippen LogP contribution is 2.38. The molecule has 1 rings (SSSR count). The lowest BCUT2D eigenvalue weighted by Gasteiger charge is -2.39. The average Bonchev–Trinajstić information content (AvgIpc) is 2.44. The highest BCUT2D eigenvalue weighted by atomic mass is 28.4. The van der Waals surface area contributed by atoms with Gasteiger partial charge in [-0.15, -0.1) is 0 Å². The normalized spacial score (nSPS) is 15.6. The van der Waals surface area contributed by atoms with Crippen LogP contribution in [0.3, 0.4) is 0 Å². The molecule has 0 unspecified atom stereocenters. The second-order valence-electron chi connectivity index (χ2n) is 7.48. The summed E-state index contributed by atoms with van der Waals surface area (Å²) in [7, 11) is -1.95. The number of aliphatic hydroxyl groups is 1. The van der Waals surface area contributed by atoms with Crippen LogP contribution in [-0.4, -0.2) is 31.9 Å². The molecule has 128 valence electrons. The number of carbonyl (C=O) groups is 1. The third kappa shape index (κ3) is 6.81. The van der Waals surface area contributed by atoms with E-state index in [2.05, 4.69) is 33.9 Å². The molecule has 1 aromatic rings. The van der Waals surface area contributed by atoms with E-state index in [1.54, 1.807) is 0 Å². The third-order valence-corrected chi connectivity index (χ3v) is 8.93. The van der Waals surface area contributed by atoms with Gasteiger partial charge in [-0.3, -0.25) is 0 Å². The Balaban J connectivity index is 2.88. The van der Waals surface area contributed by atoms with Gasteiger partial charge in [-0.25, -0.2) is 0 Å². The summed E-state index contributed by atoms with van der Waals surface area (Å²) in [5, 5.41) is 10.1. The van der Waals surface area contributed by atoms with Gasteiger partial charge >= 0.3 is 0 Å². The Bertz CT molecular complexity index is 503. The van der Waals surface area contributed by atoms with Gasteiger partial charge < -0.3 is 14.3 Å². The fourth-order valence-electron chi connectivity index (χ4n) is 1.98. The van der Waals surface area contributed by atoms with Crippen LogP contribution in [0.1, 0.15) is 39.2 Å². The van der Waals surface area contributed by atoms with E-state index in [0.717, 1.165) is 11.8 Å². The van der Waals surface area contributed by atoms with Crippen molar-refractivity contribution in [2.45, 2.75) is 64.0 Å². The molecule has 0 aromatic heterocycles. The summed E-state index contributed by atoms with van der Waals surface area (Å²) in [6.45, 7) is 11.0. The Morgan fingerprint density at radius 3 is 2.35 bits per heavy atom. The maximum atomic E-state index is 10.6. The van der Waals surface area contributed by atoms with E-state index in [-0.39, 0.29) is 17.6 Å². The molecule has 23 heavy (non-hydrogen) atoms. The minimum absolute atomic E-state index is 0.0987. The van der Waals surface area contributed by atoms with E-state index in [9.17, 15) is 9.90 Å². The van der Waals surface area contributed by atoms with E-state index in [4.69, 9.17) is 4.43 Å². The molecule has 0 amide bonds. The topological polar surface area (TPSA) is 46.5 Å². The standard InChI is InChI=1S/C19H30O3Si/c1-19(2,3)23(4,5)22-18(15-17(21)13-14-20)12-11-16-9-7-6-8-10-16/h6-12,14,17-18,21H,13,15H2,1-5H3/b12-11+/t17-,18-/m1/s1. The zero-order chi connectivity index (χ0) is 17.5. The smallest absolute Gasteiger partial charge is 0.192 e. The van der Waals surface area contributed by atoms with Crippen molar-refractivity contribution < 1.29 is 14.3 Å². The van der Waals surface area contributed by atoms with Gasteiger partial charge in [-0.05, 0) is 23.7 Å². The van der Waals surface area contributed by atoms with Crippen molar-refractivity contribution in [2.24, 2.45) is 0 Å². The maximum absolute atomic E-state index is 10.6. The first-order valence-electron chi connectivity index (χ1n) is 8.18. The summed E-state index contributed by atoms with van der Waals surface area (Å²) in [5.41, 5.74) is 1.10. The van der Waals surface area contributed by atoms with Gasteiger partial charge in [-0.2, -0.15) is 0 Å². The lowest BCUT2D eigenvalue weighted by Crippen LogP contribution is -2.44. The lowest BCUT2D eigenvalue weighted by atomic mass is 10.1. The summed E-state index contributed by atoms with van der Waals surface area (Å²) < 4.78 is 6.42. The fourth-order valence-corrected chi connectivity index (χ4v) is 3.26. The largest absolute Gasteiger partial charge is 0.410 e. The van der Waals surface area contributed by atoms with Crippen LogP contribution in [0.4, 0.5) is 0 Å². The molecular weight excluding hydrogens is 304 g/mol. The van der Waals surface area contributed by atoms with E-state index in [0.29, 0.717) is 6.42 Å². The molecule has 2 atom stereocenters. The number of hydrogen-bond donors (Lipinski definition) is 1. The molecule has 0 saturated heterocycles. The predicted molar refractivity (Wildman–Crippen MR) is 98.9 cm³/mol. The molecule has 0 bridgehead atoms. The Labute approximate surface area is 141 Å². The summed E-state index contributed by atoms with van der Waals surface area (Å²) in [6.07, 6.45) is 4.52. The minimum Gasteiger partial charge on any atom is -0.410 e. The van der Waals surface area contributed by atoms with Gasteiger partial charge in [0.2, 0.25) is 0 Å². The molecule has 3 nitrogen and oxygen atoms in total. The third-order valence-electron chi connectivity index (χ3n) is 4.43. The zero-order valence-electron chi connectivity index (χ0n) is 15.0. The first-order valence-corrected chi connectivity index (χ1v) is 11.1. The van der Waals surface area contributed by atoms with Crippen molar-refractivity contribution in [2.75, 3.05) is 0 Å². The molecule has 1 aromatic carbocycles. The van der Waals surface area contributed by atoms with Crippen LogP contribution in [0, 0.1) is 0 Å². The van der Waals surface area contributed by atoms with Crippen LogP contribution >= 0.6 is 0 Å². The zero-order valence-corrected chi connectivity index (χ0v) is 16.0. The summed E-state index contributed by atoms with van der Waals surface area (Å²) >= 11 is 0. The van der Waals surface area contributed by atoms with Gasteiger partial charge in [0.05, 0.1) is 12.2 Å². The van der Waals surface area contributed by atoms with Crippen LogP contribution in [0.2, 0.25) is 18.1 Å². The molecule has 0 saturated carbocycles. The first-order chi connectivity index (χ1) is 10.7. The van der Waals surface area contributed by atoms with Crippen LogP contribution in [0.5, 0.6) is 0 Å². The molecule has 0 spiro atoms. The molecule has 0 heterocycles. The molecule has 0 aliphatic heterocycles. The van der Waals surface area contributed by atoms with Crippen molar-refractivity contribution in [1.82, 2.24) is 0 Å². The van der Waals surface area contributed by atoms with Crippen LogP contribution < -0.4 is 0 Å². The Morgan fingerprint density at radius 1 is 1.22 bits per heavy atom. The van der Waals surface area contributed by atoms with Gasteiger partial charge in [-0.1, -0.05) is 63.3 Å². The van der Waals surface area contributed by atoms with Gasteiger partial charge in [0.15, 0.2) is 8.32 Å². The molecule has 4 heteroatoms. The number of aldehydes is 1. The van der Waals surface area contributed by atoms with Gasteiger partial charge in [0, 0.05) is 12.8 Å². The fraction of sp³-hybridized carbons (Fsp3) is 0.526. The first kappa shape index (κ1) is 19.8. The Hall–Kier alpha value is -1.23. The Morgan fingerprint density at radius 2 is 1.83 bits per heavy atom. The summed E-state index contributed by atoms with van der Waals surface area (Å²) in [6, 6.07) is 10.0. The minimum atomic E-state index is -1.95. The predicted octanol–water partition coefficient (Wildman–Crippen LogP) is 4.43. The quantitative estimate of drug-likeness (QED) is 0.565. The average molecular weight is 335 g/mol. The summed E-state index contributed by atoms with van der Waals surface area (Å²) in [5.74, 6) is 0. The molecule has 1 N–H and O–H groups in total. The van der Waals surface area contributed by atoms with E-state index >= 15 is 0 Å². The second kappa shape index (κ2) is 8.57. The van der Waals surface area contributed by atoms with E-state index in [1.807, 2.05) is 42.5 Å². The number of aliphatic hydroxyl groups excluding tert-OH is 1. The molecular formula is C19H30O3Si. The molecule has 0 aliphatic rings. The van der Waals surface area contributed by atoms with Gasteiger partial charge in [0.25, 0.3) is 0 Å². The highest BCUT2D eigenvalue weighted by Gasteiger charge is 2.39. The maximum Gasteiger partial charge on any atom is 0.192 e. The number of carbonyl (C=O) groups excluding carboxylic acids is 1. The van der Waals surface area contributed by atoms with Crippen molar-refractivity contribution in [3.8, 4) is 0 Å². The van der Waals surface area contributed by atoms with Crippen molar-refractivity contribution in [3.05, 3.63) is 42.0 Å². The summed E-state index contributed by atoms with van der Waals surface area (Å²) in [4.78, 5) is 10.6. The highest BCUT2D eigenvalue weighted by molar-refractivity contribution is 6.74. The second-order valence-corrected chi connectivity index (χ2v) is 12.2. The number of benzene rings is 1. The monoisotopic (exact) mass is 334 g/mol. The van der Waals surface area contributed by atoms with Crippen molar-refractivity contribution in [3.63, 3.8) is 0 Å². The SMILES string of the molecule is CC(C)(C)[Si](C)(C)O[C@H](/C=C/c1ccccc1)C[C@H](O)CC=O. The number of rotatable bonds is 8. The van der Waals surface area contributed by atoms with Crippen LogP contribution in [0.25, 0.3) is 6.08 Å². The Kier molecular flexibility index (Phi) is 7.38. The van der Waals surface area contributed by atoms with Crippen molar-refractivity contribution in [1.29, 1.82) is 0 Å². The van der Waals surface area contributed by atoms with E-state index < -0.39 is 14.4 Å². The van der Waals surface area contributed by atoms with E-state index in [1.165, 1.54) is 0 Å². The molecule has 0 fully saturated rings. The van der Waals surface area contributed by atoms with Crippen molar-refractivity contribution >= 4 is 20.7 Å². The van der Waals surface area contributed by atoms with Gasteiger partial charge in [0.1, 0.15) is 6.29 Å². The molecule has 0 radical (unpaired) electrons. The van der Waals surface area contributed by atoms with Crippen LogP contribution in [-0.2, 0) is 9.22 Å². The lowest BCUT2D eigenvalue weighted by molar-refractivity contribution is -0.109. The number of hydrogen-bond acceptors (Lipinski definition) is 3. The van der Waals surface area contributed by atoms with Crippen LogP contribution in [0.15, 0.2) is 36.4 Å². The molecule has 0 aliphatic carbocycles.